The van der Waals surface area contributed by atoms with E-state index in [4.69, 9.17) is 11.6 Å². The average Bonchev–Trinajstić information content (AvgIpc) is 2.56. The maximum atomic E-state index is 11.4. The minimum absolute atomic E-state index is 0.00385. The molecule has 0 spiro atoms. The van der Waals surface area contributed by atoms with E-state index in [1.165, 1.54) is 0 Å². The predicted octanol–water partition coefficient (Wildman–Crippen LogP) is 1.68. The van der Waals surface area contributed by atoms with Crippen molar-refractivity contribution in [3.63, 3.8) is 0 Å². The SMILES string of the molecule is O=C1CC(=O)N(CCc2ccccc2Cl)C1. The molecule has 84 valence electrons. The van der Waals surface area contributed by atoms with Gasteiger partial charge in [-0.25, -0.2) is 0 Å². The van der Waals surface area contributed by atoms with E-state index in [-0.39, 0.29) is 24.7 Å². The third-order valence-electron chi connectivity index (χ3n) is 2.68. The minimum Gasteiger partial charge on any atom is -0.335 e. The van der Waals surface area contributed by atoms with Crippen molar-refractivity contribution in [3.8, 4) is 0 Å². The molecule has 1 aromatic carbocycles. The van der Waals surface area contributed by atoms with E-state index in [0.717, 1.165) is 5.56 Å². The van der Waals surface area contributed by atoms with Crippen LogP contribution in [0.3, 0.4) is 0 Å². The number of carbonyl (C=O) groups excluding carboxylic acids is 2. The van der Waals surface area contributed by atoms with Gasteiger partial charge in [0.1, 0.15) is 0 Å². The van der Waals surface area contributed by atoms with Crippen LogP contribution in [-0.4, -0.2) is 29.7 Å². The average molecular weight is 238 g/mol. The normalized spacial score (nSPS) is 15.9. The standard InChI is InChI=1S/C12H12ClNO2/c13-11-4-2-1-3-9(11)5-6-14-8-10(15)7-12(14)16/h1-4H,5-8H2. The first kappa shape index (κ1) is 11.1. The Morgan fingerprint density at radius 3 is 2.62 bits per heavy atom. The number of nitrogens with zero attached hydrogens (tertiary/aromatic N) is 1. The second kappa shape index (κ2) is 4.66. The molecule has 1 amide bonds. The fourth-order valence-electron chi connectivity index (χ4n) is 1.80. The van der Waals surface area contributed by atoms with Crippen LogP contribution in [0.1, 0.15) is 12.0 Å². The molecule has 1 saturated heterocycles. The summed E-state index contributed by atoms with van der Waals surface area (Å²) >= 11 is 6.00. The fourth-order valence-corrected chi connectivity index (χ4v) is 2.03. The number of carbonyl (C=O) groups is 2. The number of halogens is 1. The zero-order valence-electron chi connectivity index (χ0n) is 8.78. The third kappa shape index (κ3) is 2.42. The molecular weight excluding hydrogens is 226 g/mol. The minimum atomic E-state index is -0.0722. The van der Waals surface area contributed by atoms with Gasteiger partial charge in [-0.3, -0.25) is 9.59 Å². The van der Waals surface area contributed by atoms with Gasteiger partial charge in [-0.1, -0.05) is 29.8 Å². The largest absolute Gasteiger partial charge is 0.335 e. The van der Waals surface area contributed by atoms with E-state index < -0.39 is 0 Å². The Morgan fingerprint density at radius 1 is 1.25 bits per heavy atom. The number of hydrogen-bond acceptors (Lipinski definition) is 2. The Labute approximate surface area is 99.0 Å². The van der Waals surface area contributed by atoms with Gasteiger partial charge in [-0.05, 0) is 18.1 Å². The molecule has 0 radical (unpaired) electrons. The zero-order chi connectivity index (χ0) is 11.5. The van der Waals surface area contributed by atoms with E-state index in [2.05, 4.69) is 0 Å². The molecule has 0 N–H and O–H groups in total. The van der Waals surface area contributed by atoms with Crippen molar-refractivity contribution in [1.82, 2.24) is 4.90 Å². The van der Waals surface area contributed by atoms with Gasteiger partial charge in [-0.15, -0.1) is 0 Å². The Kier molecular flexibility index (Phi) is 3.25. The number of benzene rings is 1. The van der Waals surface area contributed by atoms with Gasteiger partial charge in [0.2, 0.25) is 5.91 Å². The van der Waals surface area contributed by atoms with Crippen LogP contribution in [0, 0.1) is 0 Å². The van der Waals surface area contributed by atoms with Crippen molar-refractivity contribution in [2.75, 3.05) is 13.1 Å². The van der Waals surface area contributed by atoms with Crippen LogP contribution < -0.4 is 0 Å². The molecule has 0 saturated carbocycles. The zero-order valence-corrected chi connectivity index (χ0v) is 9.54. The smallest absolute Gasteiger partial charge is 0.230 e. The van der Waals surface area contributed by atoms with E-state index >= 15 is 0 Å². The summed E-state index contributed by atoms with van der Waals surface area (Å²) in [5.74, 6) is -0.0683. The fraction of sp³-hybridized carbons (Fsp3) is 0.333. The summed E-state index contributed by atoms with van der Waals surface area (Å²) in [5.41, 5.74) is 1.01. The Morgan fingerprint density at radius 2 is 2.00 bits per heavy atom. The van der Waals surface area contributed by atoms with Gasteiger partial charge in [0, 0.05) is 11.6 Å². The number of hydrogen-bond donors (Lipinski definition) is 0. The highest BCUT2D eigenvalue weighted by Crippen LogP contribution is 2.16. The number of Topliss-reactive ketones (excluding diaryl/α,β-unsaturated/α-hetero) is 1. The first-order valence-corrected chi connectivity index (χ1v) is 5.57. The lowest BCUT2D eigenvalue weighted by Gasteiger charge is -2.14. The molecule has 2 rings (SSSR count). The molecule has 0 aromatic heterocycles. The summed E-state index contributed by atoms with van der Waals surface area (Å²) in [4.78, 5) is 24.0. The lowest BCUT2D eigenvalue weighted by Crippen LogP contribution is -2.27. The molecule has 1 aliphatic heterocycles. The van der Waals surface area contributed by atoms with E-state index in [1.807, 2.05) is 24.3 Å². The molecule has 0 atom stereocenters. The first-order chi connectivity index (χ1) is 7.66. The molecule has 0 unspecified atom stereocenters. The van der Waals surface area contributed by atoms with Gasteiger partial charge in [0.15, 0.2) is 5.78 Å². The van der Waals surface area contributed by atoms with Crippen LogP contribution in [0.4, 0.5) is 0 Å². The second-order valence-electron chi connectivity index (χ2n) is 3.87. The van der Waals surface area contributed by atoms with Crippen LogP contribution in [0.15, 0.2) is 24.3 Å². The lowest BCUT2D eigenvalue weighted by molar-refractivity contribution is -0.127. The maximum Gasteiger partial charge on any atom is 0.230 e. The lowest BCUT2D eigenvalue weighted by atomic mass is 10.1. The molecule has 4 heteroatoms. The van der Waals surface area contributed by atoms with Crippen molar-refractivity contribution in [2.24, 2.45) is 0 Å². The first-order valence-electron chi connectivity index (χ1n) is 5.19. The van der Waals surface area contributed by atoms with Crippen LogP contribution in [0.2, 0.25) is 5.02 Å². The number of amides is 1. The molecule has 1 heterocycles. The summed E-state index contributed by atoms with van der Waals surface area (Å²) in [7, 11) is 0. The monoisotopic (exact) mass is 237 g/mol. The van der Waals surface area contributed by atoms with Gasteiger partial charge in [-0.2, -0.15) is 0 Å². The Hall–Kier alpha value is -1.35. The Balaban J connectivity index is 1.95. The summed E-state index contributed by atoms with van der Waals surface area (Å²) in [6.45, 7) is 0.817. The molecule has 3 nitrogen and oxygen atoms in total. The van der Waals surface area contributed by atoms with Crippen molar-refractivity contribution in [2.45, 2.75) is 12.8 Å². The molecule has 16 heavy (non-hydrogen) atoms. The molecule has 0 bridgehead atoms. The third-order valence-corrected chi connectivity index (χ3v) is 3.05. The summed E-state index contributed by atoms with van der Waals surface area (Å²) in [6.07, 6.45) is 0.751. The highest BCUT2D eigenvalue weighted by molar-refractivity contribution is 6.31. The van der Waals surface area contributed by atoms with E-state index in [9.17, 15) is 9.59 Å². The topological polar surface area (TPSA) is 37.4 Å². The van der Waals surface area contributed by atoms with Gasteiger partial charge >= 0.3 is 0 Å². The Bertz CT molecular complexity index is 431. The molecule has 1 fully saturated rings. The quantitative estimate of drug-likeness (QED) is 0.751. The number of likely N-dealkylation sites (tertiary alicyclic amines) is 1. The number of rotatable bonds is 3. The van der Waals surface area contributed by atoms with Crippen molar-refractivity contribution < 1.29 is 9.59 Å². The van der Waals surface area contributed by atoms with Crippen LogP contribution in [0.25, 0.3) is 0 Å². The van der Waals surface area contributed by atoms with Crippen LogP contribution in [-0.2, 0) is 16.0 Å². The summed E-state index contributed by atoms with van der Waals surface area (Å²) < 4.78 is 0. The highest BCUT2D eigenvalue weighted by Gasteiger charge is 2.26. The van der Waals surface area contributed by atoms with Crippen molar-refractivity contribution >= 4 is 23.3 Å². The predicted molar refractivity (Wildman–Crippen MR) is 61.4 cm³/mol. The highest BCUT2D eigenvalue weighted by atomic mass is 35.5. The van der Waals surface area contributed by atoms with Crippen molar-refractivity contribution in [1.29, 1.82) is 0 Å². The van der Waals surface area contributed by atoms with Gasteiger partial charge in [0.25, 0.3) is 0 Å². The van der Waals surface area contributed by atoms with Crippen molar-refractivity contribution in [3.05, 3.63) is 34.9 Å². The molecular formula is C12H12ClNO2. The van der Waals surface area contributed by atoms with Gasteiger partial charge in [0.05, 0.1) is 13.0 Å². The molecule has 1 aromatic rings. The molecule has 0 aliphatic carbocycles. The van der Waals surface area contributed by atoms with Gasteiger partial charge < -0.3 is 4.90 Å². The summed E-state index contributed by atoms with van der Waals surface area (Å²) in [6, 6.07) is 7.55. The van der Waals surface area contributed by atoms with E-state index in [0.29, 0.717) is 18.0 Å². The second-order valence-corrected chi connectivity index (χ2v) is 4.28. The maximum absolute atomic E-state index is 11.4. The van der Waals surface area contributed by atoms with Crippen LogP contribution >= 0.6 is 11.6 Å². The van der Waals surface area contributed by atoms with E-state index in [1.54, 1.807) is 4.90 Å². The van der Waals surface area contributed by atoms with Crippen LogP contribution in [0.5, 0.6) is 0 Å². The number of ketones is 1. The summed E-state index contributed by atoms with van der Waals surface area (Å²) in [5, 5.41) is 0.709. The molecule has 1 aliphatic rings.